The highest BCUT2D eigenvalue weighted by molar-refractivity contribution is 5.74. The standard InChI is InChI=1S/C21H30O3/c1-2-3-4-5-6-7-8-9-10-11-12-13-14-15-17-23-20-16-18-24-21(20)19-22/h2,4-5,7-8,16,18-19H,1,3,6,9-15,17H2. The normalized spacial score (nSPS) is 11.3. The molecule has 0 N–H and O–H groups in total. The Morgan fingerprint density at radius 1 is 0.958 bits per heavy atom. The first-order chi connectivity index (χ1) is 11.9. The highest BCUT2D eigenvalue weighted by Gasteiger charge is 2.05. The number of hydrogen-bond donors (Lipinski definition) is 0. The molecule has 1 aromatic rings. The molecule has 0 fully saturated rings. The molecule has 132 valence electrons. The van der Waals surface area contributed by atoms with Crippen LogP contribution in [0.4, 0.5) is 0 Å². The topological polar surface area (TPSA) is 39.4 Å². The highest BCUT2D eigenvalue weighted by atomic mass is 16.5. The van der Waals surface area contributed by atoms with E-state index in [2.05, 4.69) is 30.9 Å². The van der Waals surface area contributed by atoms with E-state index in [1.54, 1.807) is 6.07 Å². The molecule has 3 heteroatoms. The van der Waals surface area contributed by atoms with Crippen molar-refractivity contribution in [2.24, 2.45) is 0 Å². The largest absolute Gasteiger partial charge is 0.489 e. The van der Waals surface area contributed by atoms with Crippen LogP contribution in [0, 0.1) is 0 Å². The minimum atomic E-state index is 0.277. The van der Waals surface area contributed by atoms with Crippen LogP contribution in [-0.2, 0) is 0 Å². The third kappa shape index (κ3) is 9.88. The van der Waals surface area contributed by atoms with Crippen LogP contribution in [0.2, 0.25) is 0 Å². The Labute approximate surface area is 146 Å². The first kappa shape index (κ1) is 20.0. The molecule has 1 rings (SSSR count). The maximum absolute atomic E-state index is 10.7. The molecule has 0 aliphatic rings. The summed E-state index contributed by atoms with van der Waals surface area (Å²) in [6.07, 6.45) is 23.3. The second kappa shape index (κ2) is 14.6. The van der Waals surface area contributed by atoms with Gasteiger partial charge in [0, 0.05) is 6.07 Å². The summed E-state index contributed by atoms with van der Waals surface area (Å²) in [4.78, 5) is 10.7. The second-order valence-electron chi connectivity index (χ2n) is 5.73. The Bertz CT molecular complexity index is 497. The van der Waals surface area contributed by atoms with E-state index >= 15 is 0 Å². The quantitative estimate of drug-likeness (QED) is 0.216. The van der Waals surface area contributed by atoms with Gasteiger partial charge in [0.1, 0.15) is 0 Å². The van der Waals surface area contributed by atoms with Gasteiger partial charge in [-0.15, -0.1) is 6.58 Å². The Kier molecular flexibility index (Phi) is 12.1. The van der Waals surface area contributed by atoms with Crippen molar-refractivity contribution in [1.29, 1.82) is 0 Å². The Hall–Kier alpha value is -2.03. The summed E-state index contributed by atoms with van der Waals surface area (Å²) < 4.78 is 10.5. The average molecular weight is 330 g/mol. The molecule has 0 aromatic carbocycles. The zero-order chi connectivity index (χ0) is 17.3. The van der Waals surface area contributed by atoms with Crippen molar-refractivity contribution < 1.29 is 13.9 Å². The van der Waals surface area contributed by atoms with E-state index in [1.807, 2.05) is 6.08 Å². The number of hydrogen-bond acceptors (Lipinski definition) is 3. The number of allylic oxidation sites excluding steroid dienone is 5. The van der Waals surface area contributed by atoms with Gasteiger partial charge in [0.25, 0.3) is 0 Å². The molecule has 0 spiro atoms. The summed E-state index contributed by atoms with van der Waals surface area (Å²) in [5.41, 5.74) is 0. The third-order valence-corrected chi connectivity index (χ3v) is 3.70. The lowest BCUT2D eigenvalue weighted by Crippen LogP contribution is -1.98. The maximum Gasteiger partial charge on any atom is 0.208 e. The molecule has 0 bridgehead atoms. The monoisotopic (exact) mass is 330 g/mol. The first-order valence-electron chi connectivity index (χ1n) is 8.95. The van der Waals surface area contributed by atoms with Crippen molar-refractivity contribution >= 4 is 6.29 Å². The van der Waals surface area contributed by atoms with Crippen LogP contribution in [0.3, 0.4) is 0 Å². The molecule has 0 radical (unpaired) electrons. The average Bonchev–Trinajstić information content (AvgIpc) is 3.06. The lowest BCUT2D eigenvalue weighted by molar-refractivity contribution is 0.109. The fraction of sp³-hybridized carbons (Fsp3) is 0.476. The lowest BCUT2D eigenvalue weighted by Gasteiger charge is -2.04. The van der Waals surface area contributed by atoms with Gasteiger partial charge in [-0.2, -0.15) is 0 Å². The molecule has 24 heavy (non-hydrogen) atoms. The number of rotatable bonds is 15. The smallest absolute Gasteiger partial charge is 0.208 e. The van der Waals surface area contributed by atoms with Crippen molar-refractivity contribution in [3.63, 3.8) is 0 Å². The molecule has 0 amide bonds. The Morgan fingerprint density at radius 3 is 2.46 bits per heavy atom. The summed E-state index contributed by atoms with van der Waals surface area (Å²) in [5.74, 6) is 0.829. The number of furan rings is 1. The zero-order valence-electron chi connectivity index (χ0n) is 14.6. The van der Waals surface area contributed by atoms with Gasteiger partial charge < -0.3 is 9.15 Å². The fourth-order valence-corrected chi connectivity index (χ4v) is 2.35. The lowest BCUT2D eigenvalue weighted by atomic mass is 10.1. The SMILES string of the molecule is C=CCC=CCC=CCCCCCCCCOc1ccoc1C=O. The molecule has 0 atom stereocenters. The maximum atomic E-state index is 10.7. The molecular formula is C21H30O3. The van der Waals surface area contributed by atoms with E-state index in [0.29, 0.717) is 18.6 Å². The van der Waals surface area contributed by atoms with Crippen LogP contribution < -0.4 is 4.74 Å². The van der Waals surface area contributed by atoms with Crippen LogP contribution in [-0.4, -0.2) is 12.9 Å². The van der Waals surface area contributed by atoms with E-state index in [0.717, 1.165) is 25.7 Å². The fourth-order valence-electron chi connectivity index (χ4n) is 2.35. The molecule has 1 heterocycles. The molecule has 0 saturated heterocycles. The van der Waals surface area contributed by atoms with E-state index in [4.69, 9.17) is 9.15 Å². The van der Waals surface area contributed by atoms with Crippen LogP contribution in [0.5, 0.6) is 5.75 Å². The van der Waals surface area contributed by atoms with Gasteiger partial charge in [-0.05, 0) is 32.1 Å². The second-order valence-corrected chi connectivity index (χ2v) is 5.73. The summed E-state index contributed by atoms with van der Waals surface area (Å²) >= 11 is 0. The van der Waals surface area contributed by atoms with E-state index < -0.39 is 0 Å². The molecule has 3 nitrogen and oxygen atoms in total. The van der Waals surface area contributed by atoms with E-state index in [9.17, 15) is 4.79 Å². The zero-order valence-corrected chi connectivity index (χ0v) is 14.6. The van der Waals surface area contributed by atoms with Gasteiger partial charge in [-0.3, -0.25) is 4.79 Å². The van der Waals surface area contributed by atoms with Gasteiger partial charge in [0.2, 0.25) is 5.76 Å². The van der Waals surface area contributed by atoms with Crippen LogP contribution >= 0.6 is 0 Å². The van der Waals surface area contributed by atoms with Gasteiger partial charge >= 0.3 is 0 Å². The van der Waals surface area contributed by atoms with Crippen molar-refractivity contribution in [1.82, 2.24) is 0 Å². The Morgan fingerprint density at radius 2 is 1.67 bits per heavy atom. The highest BCUT2D eigenvalue weighted by Crippen LogP contribution is 2.18. The van der Waals surface area contributed by atoms with E-state index in [-0.39, 0.29) is 5.76 Å². The predicted molar refractivity (Wildman–Crippen MR) is 99.6 cm³/mol. The van der Waals surface area contributed by atoms with Gasteiger partial charge in [0.05, 0.1) is 12.9 Å². The number of aldehydes is 1. The van der Waals surface area contributed by atoms with Crippen molar-refractivity contribution in [2.45, 2.75) is 57.8 Å². The van der Waals surface area contributed by atoms with Gasteiger partial charge in [-0.1, -0.05) is 56.1 Å². The van der Waals surface area contributed by atoms with E-state index in [1.165, 1.54) is 38.4 Å². The third-order valence-electron chi connectivity index (χ3n) is 3.70. The van der Waals surface area contributed by atoms with Crippen LogP contribution in [0.25, 0.3) is 0 Å². The molecule has 0 saturated carbocycles. The number of carbonyl (C=O) groups excluding carboxylic acids is 1. The number of unbranched alkanes of at least 4 members (excludes halogenated alkanes) is 6. The molecular weight excluding hydrogens is 300 g/mol. The summed E-state index contributed by atoms with van der Waals surface area (Å²) in [7, 11) is 0. The van der Waals surface area contributed by atoms with Crippen molar-refractivity contribution in [2.75, 3.05) is 6.61 Å². The molecule has 0 unspecified atom stereocenters. The van der Waals surface area contributed by atoms with Gasteiger partial charge in [0.15, 0.2) is 12.0 Å². The molecule has 0 aliphatic carbocycles. The number of ether oxygens (including phenoxy) is 1. The minimum Gasteiger partial charge on any atom is -0.489 e. The first-order valence-corrected chi connectivity index (χ1v) is 8.95. The molecule has 0 aliphatic heterocycles. The summed E-state index contributed by atoms with van der Waals surface area (Å²) in [5, 5.41) is 0. The van der Waals surface area contributed by atoms with Crippen molar-refractivity contribution in [3.05, 3.63) is 55.0 Å². The van der Waals surface area contributed by atoms with Gasteiger partial charge in [-0.25, -0.2) is 0 Å². The minimum absolute atomic E-state index is 0.277. The number of carbonyl (C=O) groups is 1. The summed E-state index contributed by atoms with van der Waals surface area (Å²) in [6, 6.07) is 1.69. The van der Waals surface area contributed by atoms with Crippen molar-refractivity contribution in [3.8, 4) is 5.75 Å². The molecule has 1 aromatic heterocycles. The van der Waals surface area contributed by atoms with Crippen LogP contribution in [0.1, 0.15) is 68.3 Å². The Balaban J connectivity index is 1.86. The van der Waals surface area contributed by atoms with Crippen LogP contribution in [0.15, 0.2) is 53.7 Å². The predicted octanol–water partition coefficient (Wildman–Crippen LogP) is 6.28. The summed E-state index contributed by atoms with van der Waals surface area (Å²) in [6.45, 7) is 4.33.